The minimum atomic E-state index is -4.74. The molecular formula is C56H105O11P. The molecule has 0 heterocycles. The van der Waals surface area contributed by atoms with Crippen molar-refractivity contribution < 1.29 is 52.2 Å². The van der Waals surface area contributed by atoms with Crippen molar-refractivity contribution >= 4 is 25.7 Å². The van der Waals surface area contributed by atoms with Crippen LogP contribution in [0.5, 0.6) is 0 Å². The number of carbonyl (C=O) groups excluding carboxylic acids is 3. The number of aliphatic hydroxyl groups excluding tert-OH is 1. The highest BCUT2D eigenvalue weighted by Crippen LogP contribution is 2.43. The minimum absolute atomic E-state index is 0.160. The Labute approximate surface area is 417 Å². The smallest absolute Gasteiger partial charge is 0.462 e. The zero-order chi connectivity index (χ0) is 49.9. The lowest BCUT2D eigenvalue weighted by molar-refractivity contribution is -0.161. The summed E-state index contributed by atoms with van der Waals surface area (Å²) in [6, 6.07) is 0. The SMILES string of the molecule is CCCC/C=C\CCCCCCCC(=O)OCC(COP(=O)(O)OCC(CO)OC(=O)CCCCCCCCCCCCCCCCC)OC(=O)CCCCCCC/C=C\CCCCCCCC. The fraction of sp³-hybridized carbons (Fsp3) is 0.875. The summed E-state index contributed by atoms with van der Waals surface area (Å²) in [4.78, 5) is 48.4. The van der Waals surface area contributed by atoms with E-state index in [0.29, 0.717) is 19.3 Å². The molecular weight excluding hydrogens is 880 g/mol. The number of phosphoric acid groups is 1. The Bertz CT molecular complexity index is 1240. The molecule has 68 heavy (non-hydrogen) atoms. The maximum Gasteiger partial charge on any atom is 0.472 e. The second-order valence-corrected chi connectivity index (χ2v) is 20.6. The Balaban J connectivity index is 4.67. The van der Waals surface area contributed by atoms with Crippen LogP contribution in [0.15, 0.2) is 24.3 Å². The van der Waals surface area contributed by atoms with Gasteiger partial charge in [-0.05, 0) is 64.2 Å². The van der Waals surface area contributed by atoms with Crippen molar-refractivity contribution in [2.75, 3.05) is 26.4 Å². The van der Waals surface area contributed by atoms with Crippen LogP contribution in [0.1, 0.15) is 278 Å². The lowest BCUT2D eigenvalue weighted by atomic mass is 10.0. The lowest BCUT2D eigenvalue weighted by Gasteiger charge is -2.21. The maximum absolute atomic E-state index is 12.9. The van der Waals surface area contributed by atoms with E-state index in [1.54, 1.807) is 0 Å². The summed E-state index contributed by atoms with van der Waals surface area (Å²) < 4.78 is 39.4. The first kappa shape index (κ1) is 66.0. The molecule has 0 bridgehead atoms. The van der Waals surface area contributed by atoms with Crippen molar-refractivity contribution in [1.82, 2.24) is 0 Å². The number of hydrogen-bond acceptors (Lipinski definition) is 10. The summed E-state index contributed by atoms with van der Waals surface area (Å²) >= 11 is 0. The van der Waals surface area contributed by atoms with Gasteiger partial charge in [-0.2, -0.15) is 0 Å². The Hall–Kier alpha value is -2.04. The summed E-state index contributed by atoms with van der Waals surface area (Å²) in [5.41, 5.74) is 0. The molecule has 11 nitrogen and oxygen atoms in total. The van der Waals surface area contributed by atoms with Gasteiger partial charge in [0.15, 0.2) is 6.10 Å². The molecule has 0 aliphatic carbocycles. The molecule has 0 fully saturated rings. The fourth-order valence-corrected chi connectivity index (χ4v) is 8.76. The Morgan fingerprint density at radius 3 is 1.06 bits per heavy atom. The molecule has 3 atom stereocenters. The molecule has 0 aromatic rings. The Kier molecular flexibility index (Phi) is 49.8. The average molecular weight is 985 g/mol. The third kappa shape index (κ3) is 49.0. The fourth-order valence-electron chi connectivity index (χ4n) is 7.98. The van der Waals surface area contributed by atoms with E-state index in [2.05, 4.69) is 45.1 Å². The van der Waals surface area contributed by atoms with Crippen molar-refractivity contribution in [2.45, 2.75) is 290 Å². The summed E-state index contributed by atoms with van der Waals surface area (Å²) in [6.45, 7) is 4.62. The highest BCUT2D eigenvalue weighted by Gasteiger charge is 2.28. The third-order valence-electron chi connectivity index (χ3n) is 12.3. The molecule has 0 amide bonds. The first-order chi connectivity index (χ1) is 33.2. The number of carbonyl (C=O) groups is 3. The zero-order valence-electron chi connectivity index (χ0n) is 44.1. The van der Waals surface area contributed by atoms with Crippen molar-refractivity contribution in [2.24, 2.45) is 0 Å². The van der Waals surface area contributed by atoms with Crippen LogP contribution in [0.25, 0.3) is 0 Å². The molecule has 400 valence electrons. The van der Waals surface area contributed by atoms with Gasteiger partial charge in [-0.3, -0.25) is 23.4 Å². The van der Waals surface area contributed by atoms with Crippen LogP contribution < -0.4 is 0 Å². The molecule has 0 radical (unpaired) electrons. The molecule has 0 aromatic carbocycles. The van der Waals surface area contributed by atoms with Crippen LogP contribution >= 0.6 is 7.82 Å². The van der Waals surface area contributed by atoms with Crippen LogP contribution in [0, 0.1) is 0 Å². The van der Waals surface area contributed by atoms with Crippen molar-refractivity contribution in [3.8, 4) is 0 Å². The van der Waals surface area contributed by atoms with Gasteiger partial charge >= 0.3 is 25.7 Å². The van der Waals surface area contributed by atoms with E-state index in [1.807, 2.05) is 0 Å². The van der Waals surface area contributed by atoms with Crippen molar-refractivity contribution in [3.63, 3.8) is 0 Å². The van der Waals surface area contributed by atoms with Crippen LogP contribution in [-0.2, 0) is 42.2 Å². The van der Waals surface area contributed by atoms with Gasteiger partial charge in [0.2, 0.25) is 0 Å². The standard InChI is InChI=1S/C56H105O11P/c1-4-7-10-13-16-19-22-24-26-28-31-34-37-40-43-46-55(59)66-52(48-57)50-64-68(61,62)65-51-53(49-63-54(58)45-42-39-36-33-30-21-18-15-12-9-6-3)67-56(60)47-44-41-38-35-32-29-27-25-23-20-17-14-11-8-5-2/h15,18,25,27,52-53,57H,4-14,16-17,19-24,26,28-51H2,1-3H3,(H,61,62)/b18-15-,27-25-. The first-order valence-electron chi connectivity index (χ1n) is 28.2. The van der Waals surface area contributed by atoms with Crippen LogP contribution in [-0.4, -0.2) is 66.5 Å². The largest absolute Gasteiger partial charge is 0.472 e. The number of allylic oxidation sites excluding steroid dienone is 4. The van der Waals surface area contributed by atoms with Gasteiger partial charge in [-0.25, -0.2) is 4.57 Å². The zero-order valence-corrected chi connectivity index (χ0v) is 45.0. The predicted octanol–water partition coefficient (Wildman–Crippen LogP) is 16.3. The van der Waals surface area contributed by atoms with E-state index in [0.717, 1.165) is 96.3 Å². The Morgan fingerprint density at radius 2 is 0.691 bits per heavy atom. The lowest BCUT2D eigenvalue weighted by Crippen LogP contribution is -2.30. The second kappa shape index (κ2) is 51.3. The summed E-state index contributed by atoms with van der Waals surface area (Å²) in [6.07, 6.45) is 49.9. The van der Waals surface area contributed by atoms with E-state index in [4.69, 9.17) is 23.3 Å². The predicted molar refractivity (Wildman–Crippen MR) is 280 cm³/mol. The van der Waals surface area contributed by atoms with Gasteiger partial charge in [-0.1, -0.05) is 218 Å². The quantitative estimate of drug-likeness (QED) is 0.0197. The topological polar surface area (TPSA) is 155 Å². The highest BCUT2D eigenvalue weighted by molar-refractivity contribution is 7.47. The van der Waals surface area contributed by atoms with Crippen LogP contribution in [0.2, 0.25) is 0 Å². The van der Waals surface area contributed by atoms with Crippen molar-refractivity contribution in [1.29, 1.82) is 0 Å². The number of ether oxygens (including phenoxy) is 3. The molecule has 0 aromatic heterocycles. The van der Waals surface area contributed by atoms with Crippen molar-refractivity contribution in [3.05, 3.63) is 24.3 Å². The number of unbranched alkanes of at least 4 members (excludes halogenated alkanes) is 32. The molecule has 0 rings (SSSR count). The van der Waals surface area contributed by atoms with Crippen LogP contribution in [0.4, 0.5) is 0 Å². The molecule has 0 saturated carbocycles. The molecule has 0 aliphatic rings. The Morgan fingerprint density at radius 1 is 0.397 bits per heavy atom. The number of rotatable bonds is 53. The van der Waals surface area contributed by atoms with Gasteiger partial charge in [-0.15, -0.1) is 0 Å². The minimum Gasteiger partial charge on any atom is -0.462 e. The highest BCUT2D eigenvalue weighted by atomic mass is 31.2. The summed E-state index contributed by atoms with van der Waals surface area (Å²) in [5.74, 6) is -1.47. The van der Waals surface area contributed by atoms with E-state index >= 15 is 0 Å². The molecule has 0 spiro atoms. The normalized spacial score (nSPS) is 13.5. The van der Waals surface area contributed by atoms with E-state index in [9.17, 15) is 28.9 Å². The van der Waals surface area contributed by atoms with E-state index in [1.165, 1.54) is 122 Å². The first-order valence-corrected chi connectivity index (χ1v) is 29.7. The van der Waals surface area contributed by atoms with Gasteiger partial charge in [0.25, 0.3) is 0 Å². The average Bonchev–Trinajstić information content (AvgIpc) is 3.32. The second-order valence-electron chi connectivity index (χ2n) is 19.1. The van der Waals surface area contributed by atoms with Gasteiger partial charge < -0.3 is 24.2 Å². The molecule has 0 aliphatic heterocycles. The summed E-state index contributed by atoms with van der Waals surface area (Å²) in [5, 5.41) is 9.80. The number of aliphatic hydroxyl groups is 1. The monoisotopic (exact) mass is 985 g/mol. The molecule has 0 saturated heterocycles. The van der Waals surface area contributed by atoms with E-state index in [-0.39, 0.29) is 25.9 Å². The number of hydrogen-bond donors (Lipinski definition) is 2. The summed E-state index contributed by atoms with van der Waals surface area (Å²) in [7, 11) is -4.74. The number of esters is 3. The molecule has 12 heteroatoms. The third-order valence-corrected chi connectivity index (χ3v) is 13.3. The maximum atomic E-state index is 12.9. The number of phosphoric ester groups is 1. The van der Waals surface area contributed by atoms with Gasteiger partial charge in [0, 0.05) is 19.3 Å². The van der Waals surface area contributed by atoms with Gasteiger partial charge in [0.05, 0.1) is 19.8 Å². The molecule has 2 N–H and O–H groups in total. The van der Waals surface area contributed by atoms with E-state index < -0.39 is 57.8 Å². The van der Waals surface area contributed by atoms with Gasteiger partial charge in [0.1, 0.15) is 12.7 Å². The molecule has 3 unspecified atom stereocenters. The van der Waals surface area contributed by atoms with Crippen LogP contribution in [0.3, 0.4) is 0 Å².